The number of para-hydroxylation sites is 1. The molecule has 0 aromatic heterocycles. The average molecular weight is 315 g/mol. The molecule has 0 unspecified atom stereocenters. The molecule has 1 saturated heterocycles. The van der Waals surface area contributed by atoms with Crippen molar-refractivity contribution in [2.45, 2.75) is 6.54 Å². The number of quaternary nitrogens is 1. The Morgan fingerprint density at radius 2 is 1.78 bits per heavy atom. The fourth-order valence-electron chi connectivity index (χ4n) is 2.66. The largest absolute Gasteiger partial charge is 0.370 e. The zero-order valence-corrected chi connectivity index (χ0v) is 12.8. The van der Waals surface area contributed by atoms with E-state index in [2.05, 4.69) is 5.32 Å². The van der Waals surface area contributed by atoms with Crippen molar-refractivity contribution in [2.75, 3.05) is 31.6 Å². The van der Waals surface area contributed by atoms with Crippen LogP contribution in [0.5, 0.6) is 0 Å². The topological polar surface area (TPSA) is 42.8 Å². The summed E-state index contributed by atoms with van der Waals surface area (Å²) >= 11 is 0. The van der Waals surface area contributed by atoms with Gasteiger partial charge in [-0.2, -0.15) is 0 Å². The molecule has 1 aliphatic rings. The van der Waals surface area contributed by atoms with Crippen LogP contribution in [0, 0.1) is 5.82 Å². The van der Waals surface area contributed by atoms with Crippen LogP contribution in [-0.4, -0.2) is 32.2 Å². The molecule has 3 rings (SSSR count). The number of rotatable bonds is 4. The van der Waals surface area contributed by atoms with Crippen LogP contribution in [0.15, 0.2) is 48.5 Å². The number of benzene rings is 2. The minimum Gasteiger partial charge on any atom is -0.370 e. The number of halogens is 1. The maximum Gasteiger partial charge on any atom is 0.255 e. The molecular weight excluding hydrogens is 295 g/mol. The first-order valence-corrected chi connectivity index (χ1v) is 7.78. The van der Waals surface area contributed by atoms with Crippen LogP contribution in [0.1, 0.15) is 15.9 Å². The number of morpholine rings is 1. The highest BCUT2D eigenvalue weighted by Crippen LogP contribution is 2.14. The summed E-state index contributed by atoms with van der Waals surface area (Å²) in [5, 5.41) is 2.59. The highest BCUT2D eigenvalue weighted by molar-refractivity contribution is 6.04. The molecule has 0 atom stereocenters. The Bertz CT molecular complexity index is 667. The van der Waals surface area contributed by atoms with Crippen LogP contribution in [0.25, 0.3) is 0 Å². The molecule has 0 aliphatic carbocycles. The number of amides is 1. The number of nitrogens with one attached hydrogen (secondary N) is 2. The number of carbonyl (C=O) groups is 1. The van der Waals surface area contributed by atoms with Gasteiger partial charge in [-0.15, -0.1) is 0 Å². The molecule has 0 spiro atoms. The van der Waals surface area contributed by atoms with Gasteiger partial charge >= 0.3 is 0 Å². The molecule has 4 nitrogen and oxygen atoms in total. The van der Waals surface area contributed by atoms with Gasteiger partial charge in [-0.25, -0.2) is 4.39 Å². The summed E-state index contributed by atoms with van der Waals surface area (Å²) in [5.74, 6) is -0.742. The molecule has 0 bridgehead atoms. The van der Waals surface area contributed by atoms with E-state index >= 15 is 0 Å². The average Bonchev–Trinajstić information content (AvgIpc) is 2.58. The zero-order valence-electron chi connectivity index (χ0n) is 12.8. The van der Waals surface area contributed by atoms with E-state index in [4.69, 9.17) is 4.74 Å². The zero-order chi connectivity index (χ0) is 16.1. The van der Waals surface area contributed by atoms with Crippen molar-refractivity contribution in [3.8, 4) is 0 Å². The quantitative estimate of drug-likeness (QED) is 0.898. The molecule has 23 heavy (non-hydrogen) atoms. The highest BCUT2D eigenvalue weighted by atomic mass is 19.1. The minimum absolute atomic E-state index is 0.194. The summed E-state index contributed by atoms with van der Waals surface area (Å²) in [6, 6.07) is 13.6. The smallest absolute Gasteiger partial charge is 0.255 e. The van der Waals surface area contributed by atoms with Gasteiger partial charge in [0.05, 0.1) is 18.9 Å². The molecule has 1 amide bonds. The third-order valence-electron chi connectivity index (χ3n) is 3.99. The standard InChI is InChI=1S/C18H19FN2O2/c19-16-3-1-2-4-17(16)20-18(22)15-7-5-14(6-8-15)13-21-9-11-23-12-10-21/h1-8H,9-13H2,(H,20,22)/p+1. The first-order chi connectivity index (χ1) is 11.2. The first kappa shape index (κ1) is 15.6. The third kappa shape index (κ3) is 4.15. The summed E-state index contributed by atoms with van der Waals surface area (Å²) in [6.07, 6.45) is 0. The van der Waals surface area contributed by atoms with E-state index < -0.39 is 5.82 Å². The number of hydrogen-bond donors (Lipinski definition) is 2. The van der Waals surface area contributed by atoms with Gasteiger partial charge in [0.25, 0.3) is 5.91 Å². The van der Waals surface area contributed by atoms with E-state index in [0.29, 0.717) is 5.56 Å². The van der Waals surface area contributed by atoms with E-state index in [1.807, 2.05) is 12.1 Å². The summed E-state index contributed by atoms with van der Waals surface area (Å²) in [7, 11) is 0. The van der Waals surface area contributed by atoms with E-state index in [-0.39, 0.29) is 11.6 Å². The van der Waals surface area contributed by atoms with Gasteiger partial charge in [0.15, 0.2) is 0 Å². The molecule has 5 heteroatoms. The van der Waals surface area contributed by atoms with E-state index in [0.717, 1.165) is 32.8 Å². The van der Waals surface area contributed by atoms with E-state index in [1.165, 1.54) is 16.5 Å². The lowest BCUT2D eigenvalue weighted by atomic mass is 10.1. The van der Waals surface area contributed by atoms with Gasteiger partial charge < -0.3 is 15.0 Å². The van der Waals surface area contributed by atoms with Crippen LogP contribution in [0.3, 0.4) is 0 Å². The Hall–Kier alpha value is -2.24. The fourth-order valence-corrected chi connectivity index (χ4v) is 2.66. The molecule has 1 fully saturated rings. The van der Waals surface area contributed by atoms with Crippen molar-refractivity contribution >= 4 is 11.6 Å². The van der Waals surface area contributed by atoms with Crippen LogP contribution >= 0.6 is 0 Å². The molecule has 2 aromatic carbocycles. The van der Waals surface area contributed by atoms with Crippen LogP contribution < -0.4 is 10.2 Å². The monoisotopic (exact) mass is 315 g/mol. The van der Waals surface area contributed by atoms with Crippen LogP contribution in [0.4, 0.5) is 10.1 Å². The first-order valence-electron chi connectivity index (χ1n) is 7.78. The lowest BCUT2D eigenvalue weighted by Crippen LogP contribution is -3.12. The second-order valence-electron chi connectivity index (χ2n) is 5.67. The lowest BCUT2D eigenvalue weighted by molar-refractivity contribution is -0.921. The SMILES string of the molecule is O=C(Nc1ccccc1F)c1ccc(C[NH+]2CCOCC2)cc1. The second kappa shape index (κ2) is 7.35. The highest BCUT2D eigenvalue weighted by Gasteiger charge is 2.14. The molecule has 120 valence electrons. The number of hydrogen-bond acceptors (Lipinski definition) is 2. The van der Waals surface area contributed by atoms with Crippen molar-refractivity contribution in [1.82, 2.24) is 0 Å². The Morgan fingerprint density at radius 3 is 2.48 bits per heavy atom. The summed E-state index contributed by atoms with van der Waals surface area (Å²) in [5.41, 5.74) is 1.90. The van der Waals surface area contributed by atoms with E-state index in [9.17, 15) is 9.18 Å². The van der Waals surface area contributed by atoms with Gasteiger partial charge in [-0.05, 0) is 24.3 Å². The molecule has 1 heterocycles. The van der Waals surface area contributed by atoms with Crippen molar-refractivity contribution in [3.63, 3.8) is 0 Å². The Balaban J connectivity index is 1.62. The van der Waals surface area contributed by atoms with Crippen molar-refractivity contribution in [3.05, 3.63) is 65.5 Å². The molecular formula is C18H20FN2O2+. The minimum atomic E-state index is -0.437. The number of carbonyl (C=O) groups excluding carboxylic acids is 1. The Kier molecular flexibility index (Phi) is 5.00. The van der Waals surface area contributed by atoms with Gasteiger partial charge in [0.2, 0.25) is 0 Å². The van der Waals surface area contributed by atoms with Crippen molar-refractivity contribution in [1.29, 1.82) is 0 Å². The number of ether oxygens (including phenoxy) is 1. The second-order valence-corrected chi connectivity index (χ2v) is 5.67. The molecule has 2 N–H and O–H groups in total. The van der Waals surface area contributed by atoms with E-state index in [1.54, 1.807) is 30.3 Å². The Morgan fingerprint density at radius 1 is 1.09 bits per heavy atom. The van der Waals surface area contributed by atoms with Crippen molar-refractivity contribution < 1.29 is 18.8 Å². The summed E-state index contributed by atoms with van der Waals surface area (Å²) in [6.45, 7) is 4.56. The summed E-state index contributed by atoms with van der Waals surface area (Å²) in [4.78, 5) is 13.7. The maximum atomic E-state index is 13.6. The molecule has 1 aliphatic heterocycles. The van der Waals surface area contributed by atoms with Crippen molar-refractivity contribution in [2.24, 2.45) is 0 Å². The summed E-state index contributed by atoms with van der Waals surface area (Å²) < 4.78 is 18.9. The van der Waals surface area contributed by atoms with Crippen LogP contribution in [-0.2, 0) is 11.3 Å². The predicted molar refractivity (Wildman–Crippen MR) is 86.0 cm³/mol. The lowest BCUT2D eigenvalue weighted by Gasteiger charge is -2.23. The Labute approximate surface area is 134 Å². The molecule has 0 saturated carbocycles. The van der Waals surface area contributed by atoms with Gasteiger partial charge in [0.1, 0.15) is 25.5 Å². The normalized spacial score (nSPS) is 15.3. The van der Waals surface area contributed by atoms with Gasteiger partial charge in [0, 0.05) is 11.1 Å². The molecule has 0 radical (unpaired) electrons. The third-order valence-corrected chi connectivity index (χ3v) is 3.99. The fraction of sp³-hybridized carbons (Fsp3) is 0.278. The van der Waals surface area contributed by atoms with Gasteiger partial charge in [-0.3, -0.25) is 4.79 Å². The molecule has 2 aromatic rings. The van der Waals surface area contributed by atoms with Gasteiger partial charge in [-0.1, -0.05) is 24.3 Å². The predicted octanol–water partition coefficient (Wildman–Crippen LogP) is 1.49. The van der Waals surface area contributed by atoms with Crippen LogP contribution in [0.2, 0.25) is 0 Å². The number of anilines is 1. The maximum absolute atomic E-state index is 13.6.